The maximum absolute atomic E-state index is 10.7. The highest BCUT2D eigenvalue weighted by molar-refractivity contribution is 7.80. The lowest BCUT2D eigenvalue weighted by atomic mass is 10.2. The first-order chi connectivity index (χ1) is 7.61. The van der Waals surface area contributed by atoms with Gasteiger partial charge in [0.05, 0.1) is 7.11 Å². The van der Waals surface area contributed by atoms with Gasteiger partial charge in [0.1, 0.15) is 0 Å². The van der Waals surface area contributed by atoms with E-state index in [0.717, 1.165) is 11.3 Å². The molecule has 1 aromatic carbocycles. The van der Waals surface area contributed by atoms with Crippen LogP contribution in [-0.4, -0.2) is 18.3 Å². The summed E-state index contributed by atoms with van der Waals surface area (Å²) in [5.41, 5.74) is 6.72. The SMILES string of the molecule is COC(=O)NNC(=S)Nc1cccc(C)c1. The Morgan fingerprint density at radius 2 is 2.12 bits per heavy atom. The number of anilines is 1. The molecule has 0 spiro atoms. The molecule has 5 nitrogen and oxygen atoms in total. The minimum Gasteiger partial charge on any atom is -0.452 e. The maximum atomic E-state index is 10.7. The Balaban J connectivity index is 2.43. The van der Waals surface area contributed by atoms with E-state index < -0.39 is 6.09 Å². The number of carbonyl (C=O) groups is 1. The van der Waals surface area contributed by atoms with Crippen LogP contribution in [0.3, 0.4) is 0 Å². The Bertz CT molecular complexity index is 395. The van der Waals surface area contributed by atoms with E-state index in [-0.39, 0.29) is 5.11 Å². The smallest absolute Gasteiger partial charge is 0.425 e. The Labute approximate surface area is 99.1 Å². The molecule has 1 aromatic rings. The van der Waals surface area contributed by atoms with Gasteiger partial charge in [-0.3, -0.25) is 5.43 Å². The van der Waals surface area contributed by atoms with E-state index in [9.17, 15) is 4.79 Å². The molecule has 1 rings (SSSR count). The van der Waals surface area contributed by atoms with Crippen LogP contribution in [0.4, 0.5) is 10.5 Å². The van der Waals surface area contributed by atoms with Crippen LogP contribution < -0.4 is 16.2 Å². The summed E-state index contributed by atoms with van der Waals surface area (Å²) in [6.45, 7) is 1.98. The number of thiocarbonyl (C=S) groups is 1. The van der Waals surface area contributed by atoms with Crippen molar-refractivity contribution in [3.63, 3.8) is 0 Å². The van der Waals surface area contributed by atoms with E-state index in [1.54, 1.807) is 0 Å². The topological polar surface area (TPSA) is 62.4 Å². The zero-order chi connectivity index (χ0) is 12.0. The molecule has 0 saturated heterocycles. The average Bonchev–Trinajstić information content (AvgIpc) is 2.26. The number of aryl methyl sites for hydroxylation is 1. The summed E-state index contributed by atoms with van der Waals surface area (Å²) >= 11 is 4.95. The Kier molecular flexibility index (Phi) is 4.53. The van der Waals surface area contributed by atoms with Gasteiger partial charge in [0, 0.05) is 5.69 Å². The molecule has 0 aliphatic carbocycles. The first-order valence-electron chi connectivity index (χ1n) is 4.59. The number of hydrogen-bond donors (Lipinski definition) is 3. The number of carbonyl (C=O) groups excluding carboxylic acids is 1. The molecule has 86 valence electrons. The van der Waals surface area contributed by atoms with Crippen molar-refractivity contribution in [2.75, 3.05) is 12.4 Å². The molecular formula is C10H13N3O2S. The fourth-order valence-corrected chi connectivity index (χ4v) is 1.21. The minimum absolute atomic E-state index is 0.288. The molecule has 0 heterocycles. The summed E-state index contributed by atoms with van der Waals surface area (Å²) in [7, 11) is 1.27. The van der Waals surface area contributed by atoms with Gasteiger partial charge < -0.3 is 10.1 Å². The number of methoxy groups -OCH3 is 1. The highest BCUT2D eigenvalue weighted by atomic mass is 32.1. The van der Waals surface area contributed by atoms with Crippen molar-refractivity contribution >= 4 is 29.1 Å². The fourth-order valence-electron chi connectivity index (χ4n) is 1.04. The Morgan fingerprint density at radius 3 is 2.75 bits per heavy atom. The number of benzene rings is 1. The standard InChI is InChI=1S/C10H13N3O2S/c1-7-4-3-5-8(6-7)11-9(16)12-13-10(14)15-2/h3-6H,1-2H3,(H,13,14)(H2,11,12,16). The first kappa shape index (κ1) is 12.3. The molecule has 16 heavy (non-hydrogen) atoms. The van der Waals surface area contributed by atoms with Crippen molar-refractivity contribution in [3.05, 3.63) is 29.8 Å². The lowest BCUT2D eigenvalue weighted by Crippen LogP contribution is -2.43. The largest absolute Gasteiger partial charge is 0.452 e. The Hall–Kier alpha value is -1.82. The highest BCUT2D eigenvalue weighted by Crippen LogP contribution is 2.08. The molecule has 6 heteroatoms. The van der Waals surface area contributed by atoms with E-state index in [1.807, 2.05) is 31.2 Å². The Morgan fingerprint density at radius 1 is 1.38 bits per heavy atom. The molecule has 0 fully saturated rings. The van der Waals surface area contributed by atoms with Gasteiger partial charge in [-0.2, -0.15) is 0 Å². The van der Waals surface area contributed by atoms with Crippen LogP contribution >= 0.6 is 12.2 Å². The molecular weight excluding hydrogens is 226 g/mol. The van der Waals surface area contributed by atoms with Crippen molar-refractivity contribution in [2.24, 2.45) is 0 Å². The van der Waals surface area contributed by atoms with Gasteiger partial charge in [0.15, 0.2) is 5.11 Å². The second-order valence-electron chi connectivity index (χ2n) is 3.07. The molecule has 0 aliphatic heterocycles. The van der Waals surface area contributed by atoms with E-state index in [0.29, 0.717) is 0 Å². The molecule has 0 radical (unpaired) electrons. The normalized spacial score (nSPS) is 9.12. The molecule has 0 unspecified atom stereocenters. The van der Waals surface area contributed by atoms with Gasteiger partial charge in [-0.05, 0) is 36.8 Å². The van der Waals surface area contributed by atoms with E-state index >= 15 is 0 Å². The molecule has 1 amide bonds. The molecule has 0 atom stereocenters. The number of hydrogen-bond acceptors (Lipinski definition) is 3. The number of nitrogens with one attached hydrogen (secondary N) is 3. The van der Waals surface area contributed by atoms with Crippen molar-refractivity contribution < 1.29 is 9.53 Å². The summed E-state index contributed by atoms with van der Waals surface area (Å²) in [6.07, 6.45) is -0.603. The lowest BCUT2D eigenvalue weighted by Gasteiger charge is -2.10. The lowest BCUT2D eigenvalue weighted by molar-refractivity contribution is 0.169. The van der Waals surface area contributed by atoms with E-state index in [4.69, 9.17) is 12.2 Å². The minimum atomic E-state index is -0.603. The number of rotatable bonds is 1. The number of amides is 1. The monoisotopic (exact) mass is 239 g/mol. The third kappa shape index (κ3) is 4.14. The molecule has 0 aromatic heterocycles. The van der Waals surface area contributed by atoms with Gasteiger partial charge in [0.25, 0.3) is 0 Å². The summed E-state index contributed by atoms with van der Waals surface area (Å²) < 4.78 is 4.37. The fraction of sp³-hybridized carbons (Fsp3) is 0.200. The third-order valence-electron chi connectivity index (χ3n) is 1.74. The molecule has 0 saturated carbocycles. The predicted molar refractivity (Wildman–Crippen MR) is 66.1 cm³/mol. The molecule has 0 bridgehead atoms. The average molecular weight is 239 g/mol. The molecule has 0 aliphatic rings. The van der Waals surface area contributed by atoms with Crippen LogP contribution in [0, 0.1) is 6.92 Å². The summed E-state index contributed by atoms with van der Waals surface area (Å²) in [6, 6.07) is 7.70. The van der Waals surface area contributed by atoms with Crippen LogP contribution in [0.2, 0.25) is 0 Å². The van der Waals surface area contributed by atoms with Gasteiger partial charge >= 0.3 is 6.09 Å². The zero-order valence-corrected chi connectivity index (χ0v) is 9.85. The van der Waals surface area contributed by atoms with Crippen molar-refractivity contribution in [1.29, 1.82) is 0 Å². The summed E-state index contributed by atoms with van der Waals surface area (Å²) in [5, 5.41) is 3.20. The second kappa shape index (κ2) is 5.92. The quantitative estimate of drug-likeness (QED) is 0.512. The van der Waals surface area contributed by atoms with E-state index in [2.05, 4.69) is 20.9 Å². The van der Waals surface area contributed by atoms with Crippen LogP contribution in [0.1, 0.15) is 5.56 Å². The van der Waals surface area contributed by atoms with E-state index in [1.165, 1.54) is 7.11 Å². The number of ether oxygens (including phenoxy) is 1. The van der Waals surface area contributed by atoms with Gasteiger partial charge in [-0.15, -0.1) is 0 Å². The third-order valence-corrected chi connectivity index (χ3v) is 1.94. The van der Waals surface area contributed by atoms with Crippen LogP contribution in [0.25, 0.3) is 0 Å². The molecule has 3 N–H and O–H groups in total. The number of hydrazine groups is 1. The van der Waals surface area contributed by atoms with Gasteiger partial charge in [0.2, 0.25) is 0 Å². The van der Waals surface area contributed by atoms with Crippen molar-refractivity contribution in [2.45, 2.75) is 6.92 Å². The zero-order valence-electron chi connectivity index (χ0n) is 9.03. The van der Waals surface area contributed by atoms with Crippen molar-refractivity contribution in [3.8, 4) is 0 Å². The van der Waals surface area contributed by atoms with Crippen LogP contribution in [-0.2, 0) is 4.74 Å². The van der Waals surface area contributed by atoms with Crippen LogP contribution in [0.15, 0.2) is 24.3 Å². The summed E-state index contributed by atoms with van der Waals surface area (Å²) in [4.78, 5) is 10.7. The first-order valence-corrected chi connectivity index (χ1v) is 5.00. The van der Waals surface area contributed by atoms with Gasteiger partial charge in [-0.1, -0.05) is 12.1 Å². The highest BCUT2D eigenvalue weighted by Gasteiger charge is 2.00. The van der Waals surface area contributed by atoms with Crippen molar-refractivity contribution in [1.82, 2.24) is 10.9 Å². The second-order valence-corrected chi connectivity index (χ2v) is 3.47. The van der Waals surface area contributed by atoms with Crippen LogP contribution in [0.5, 0.6) is 0 Å². The maximum Gasteiger partial charge on any atom is 0.425 e. The predicted octanol–water partition coefficient (Wildman–Crippen LogP) is 1.55. The summed E-state index contributed by atoms with van der Waals surface area (Å²) in [5.74, 6) is 0. The van der Waals surface area contributed by atoms with Gasteiger partial charge in [-0.25, -0.2) is 10.2 Å².